The van der Waals surface area contributed by atoms with E-state index in [-0.39, 0.29) is 25.9 Å². The number of anilines is 2. The molecule has 0 bridgehead atoms. The number of alkyl halides is 2. The number of benzene rings is 1. The summed E-state index contributed by atoms with van der Waals surface area (Å²) in [6.45, 7) is 3.09. The summed E-state index contributed by atoms with van der Waals surface area (Å²) in [5.74, 6) is -0.259. The molecule has 2 aromatic rings. The van der Waals surface area contributed by atoms with Gasteiger partial charge in [-0.25, -0.2) is 13.8 Å². The average Bonchev–Trinajstić information content (AvgIpc) is 2.72. The van der Waals surface area contributed by atoms with Crippen molar-refractivity contribution in [2.75, 3.05) is 63.4 Å². The molecule has 0 saturated carbocycles. The lowest BCUT2D eigenvalue weighted by Crippen LogP contribution is -2.41. The highest BCUT2D eigenvalue weighted by molar-refractivity contribution is 5.93. The number of methoxy groups -OCH3 is 2. The molecule has 2 aliphatic heterocycles. The zero-order valence-corrected chi connectivity index (χ0v) is 16.1. The highest BCUT2D eigenvalue weighted by Crippen LogP contribution is 2.38. The Bertz CT molecular complexity index is 849. The summed E-state index contributed by atoms with van der Waals surface area (Å²) >= 11 is 0. The molecule has 3 heterocycles. The second kappa shape index (κ2) is 7.54. The topological polar surface area (TPSA) is 60.0 Å². The van der Waals surface area contributed by atoms with Crippen molar-refractivity contribution in [1.82, 2.24) is 9.97 Å². The molecule has 152 valence electrons. The maximum absolute atomic E-state index is 13.7. The highest BCUT2D eigenvalue weighted by Gasteiger charge is 2.35. The normalized spacial score (nSPS) is 19.7. The van der Waals surface area contributed by atoms with Gasteiger partial charge in [-0.15, -0.1) is 0 Å². The van der Waals surface area contributed by atoms with Crippen molar-refractivity contribution < 1.29 is 23.0 Å². The lowest BCUT2D eigenvalue weighted by molar-refractivity contribution is -0.0221. The fraction of sp³-hybridized carbons (Fsp3) is 0.579. The first-order valence-electron chi connectivity index (χ1n) is 9.40. The van der Waals surface area contributed by atoms with Gasteiger partial charge in [0.2, 0.25) is 5.95 Å². The van der Waals surface area contributed by atoms with Gasteiger partial charge in [0, 0.05) is 50.5 Å². The van der Waals surface area contributed by atoms with Gasteiger partial charge in [-0.05, 0) is 6.07 Å². The number of piperidine rings is 1. The van der Waals surface area contributed by atoms with Crippen molar-refractivity contribution in [3.63, 3.8) is 0 Å². The summed E-state index contributed by atoms with van der Waals surface area (Å²) in [6.07, 6.45) is -0.364. The quantitative estimate of drug-likeness (QED) is 0.790. The minimum Gasteiger partial charge on any atom is -0.493 e. The third-order valence-corrected chi connectivity index (χ3v) is 5.26. The van der Waals surface area contributed by atoms with Crippen molar-refractivity contribution >= 4 is 22.7 Å². The zero-order valence-electron chi connectivity index (χ0n) is 16.1. The van der Waals surface area contributed by atoms with E-state index in [1.165, 1.54) is 0 Å². The van der Waals surface area contributed by atoms with Crippen LogP contribution in [0, 0.1) is 0 Å². The average molecular weight is 394 g/mol. The fourth-order valence-corrected chi connectivity index (χ4v) is 3.62. The molecule has 1 aromatic heterocycles. The van der Waals surface area contributed by atoms with Crippen molar-refractivity contribution in [2.24, 2.45) is 0 Å². The van der Waals surface area contributed by atoms with Gasteiger partial charge in [0.05, 0.1) is 33.0 Å². The molecular formula is C19H24F2N4O3. The van der Waals surface area contributed by atoms with E-state index in [1.807, 2.05) is 17.0 Å². The number of nitrogens with zero attached hydrogens (tertiary/aromatic N) is 4. The van der Waals surface area contributed by atoms with E-state index in [2.05, 4.69) is 4.90 Å². The zero-order chi connectivity index (χ0) is 19.7. The lowest BCUT2D eigenvalue weighted by atomic mass is 10.1. The second-order valence-corrected chi connectivity index (χ2v) is 7.01. The Morgan fingerprint density at radius 3 is 2.21 bits per heavy atom. The lowest BCUT2D eigenvalue weighted by Gasteiger charge is -2.34. The van der Waals surface area contributed by atoms with Crippen molar-refractivity contribution in [2.45, 2.75) is 18.8 Å². The monoisotopic (exact) mass is 394 g/mol. The molecule has 28 heavy (non-hydrogen) atoms. The van der Waals surface area contributed by atoms with Crippen LogP contribution in [0.1, 0.15) is 12.8 Å². The molecule has 0 radical (unpaired) electrons. The molecule has 9 heteroatoms. The van der Waals surface area contributed by atoms with E-state index < -0.39 is 5.92 Å². The molecule has 0 atom stereocenters. The molecule has 1 aromatic carbocycles. The van der Waals surface area contributed by atoms with Crippen LogP contribution in [0.2, 0.25) is 0 Å². The number of halogens is 2. The third-order valence-electron chi connectivity index (χ3n) is 5.26. The summed E-state index contributed by atoms with van der Waals surface area (Å²) in [5.41, 5.74) is 0.696. The van der Waals surface area contributed by atoms with E-state index in [4.69, 9.17) is 24.2 Å². The number of fused-ring (bicyclic) bond motifs is 1. The van der Waals surface area contributed by atoms with Crippen LogP contribution < -0.4 is 19.3 Å². The molecule has 0 aliphatic carbocycles. The van der Waals surface area contributed by atoms with Crippen LogP contribution in [-0.2, 0) is 4.74 Å². The first-order chi connectivity index (χ1) is 13.5. The Morgan fingerprint density at radius 1 is 0.929 bits per heavy atom. The van der Waals surface area contributed by atoms with Crippen LogP contribution in [0.3, 0.4) is 0 Å². The number of hydrogen-bond acceptors (Lipinski definition) is 7. The Kier molecular flexibility index (Phi) is 5.09. The van der Waals surface area contributed by atoms with Gasteiger partial charge < -0.3 is 24.0 Å². The van der Waals surface area contributed by atoms with Crippen LogP contribution in [-0.4, -0.2) is 69.5 Å². The van der Waals surface area contributed by atoms with Gasteiger partial charge in [-0.3, -0.25) is 0 Å². The van der Waals surface area contributed by atoms with Gasteiger partial charge in [0.15, 0.2) is 11.5 Å². The molecule has 2 fully saturated rings. The summed E-state index contributed by atoms with van der Waals surface area (Å²) in [6, 6.07) is 3.63. The van der Waals surface area contributed by atoms with E-state index in [0.29, 0.717) is 55.1 Å². The van der Waals surface area contributed by atoms with Crippen LogP contribution in [0.25, 0.3) is 10.9 Å². The van der Waals surface area contributed by atoms with E-state index in [9.17, 15) is 8.78 Å². The predicted molar refractivity (Wildman–Crippen MR) is 102 cm³/mol. The first-order valence-corrected chi connectivity index (χ1v) is 9.40. The number of ether oxygens (including phenoxy) is 3. The first kappa shape index (κ1) is 18.9. The Hall–Kier alpha value is -2.42. The van der Waals surface area contributed by atoms with Gasteiger partial charge in [-0.2, -0.15) is 4.98 Å². The molecular weight excluding hydrogens is 370 g/mol. The summed E-state index contributed by atoms with van der Waals surface area (Å²) in [5, 5.41) is 0.764. The van der Waals surface area contributed by atoms with Crippen LogP contribution in [0.4, 0.5) is 20.5 Å². The van der Waals surface area contributed by atoms with E-state index in [0.717, 1.165) is 5.39 Å². The van der Waals surface area contributed by atoms with E-state index in [1.54, 1.807) is 14.2 Å². The molecule has 7 nitrogen and oxygen atoms in total. The molecule has 0 spiro atoms. The van der Waals surface area contributed by atoms with Crippen LogP contribution >= 0.6 is 0 Å². The minimum absolute atomic E-state index is 0.182. The van der Waals surface area contributed by atoms with Crippen LogP contribution in [0.5, 0.6) is 11.5 Å². The summed E-state index contributed by atoms with van der Waals surface area (Å²) < 4.78 is 43.6. The van der Waals surface area contributed by atoms with Crippen molar-refractivity contribution in [1.29, 1.82) is 0 Å². The van der Waals surface area contributed by atoms with Gasteiger partial charge in [0.25, 0.3) is 5.92 Å². The van der Waals surface area contributed by atoms with Crippen molar-refractivity contribution in [3.8, 4) is 11.5 Å². The van der Waals surface area contributed by atoms with Crippen LogP contribution in [0.15, 0.2) is 12.1 Å². The number of morpholine rings is 1. The maximum Gasteiger partial charge on any atom is 0.251 e. The molecule has 0 unspecified atom stereocenters. The second-order valence-electron chi connectivity index (χ2n) is 7.01. The third kappa shape index (κ3) is 3.63. The summed E-state index contributed by atoms with van der Waals surface area (Å²) in [7, 11) is 3.13. The number of hydrogen-bond donors (Lipinski definition) is 0. The Labute approximate surface area is 162 Å². The Morgan fingerprint density at radius 2 is 1.57 bits per heavy atom. The predicted octanol–water partition coefficient (Wildman–Crippen LogP) is 2.72. The molecule has 2 aliphatic rings. The molecule has 0 N–H and O–H groups in total. The number of aromatic nitrogens is 2. The van der Waals surface area contributed by atoms with Gasteiger partial charge in [-0.1, -0.05) is 0 Å². The largest absolute Gasteiger partial charge is 0.493 e. The smallest absolute Gasteiger partial charge is 0.251 e. The van der Waals surface area contributed by atoms with Gasteiger partial charge in [0.1, 0.15) is 5.82 Å². The standard InChI is InChI=1S/C19H24F2N4O3/c1-26-15-11-13-14(12-16(15)27-2)22-18(25-7-9-28-10-8-25)23-17(13)24-5-3-19(20,21)4-6-24/h11-12H,3-10H2,1-2H3. The van der Waals surface area contributed by atoms with Crippen molar-refractivity contribution in [3.05, 3.63) is 12.1 Å². The highest BCUT2D eigenvalue weighted by atomic mass is 19.3. The Balaban J connectivity index is 1.81. The van der Waals surface area contributed by atoms with Gasteiger partial charge >= 0.3 is 0 Å². The molecule has 0 amide bonds. The number of rotatable bonds is 4. The minimum atomic E-state index is -2.62. The fourth-order valence-electron chi connectivity index (χ4n) is 3.62. The molecule has 2 saturated heterocycles. The summed E-state index contributed by atoms with van der Waals surface area (Å²) in [4.78, 5) is 13.5. The SMILES string of the molecule is COc1cc2nc(N3CCOCC3)nc(N3CCC(F)(F)CC3)c2cc1OC. The maximum atomic E-state index is 13.7. The molecule has 4 rings (SSSR count). The van der Waals surface area contributed by atoms with E-state index >= 15 is 0 Å².